The molecule has 0 bridgehead atoms. The summed E-state index contributed by atoms with van der Waals surface area (Å²) in [5.74, 6) is 0. The first-order chi connectivity index (χ1) is 32.1. The topological polar surface area (TPSA) is 124 Å². The second-order valence-corrected chi connectivity index (χ2v) is 16.2. The molecule has 8 rings (SSSR count). The second-order valence-electron chi connectivity index (χ2n) is 16.2. The van der Waals surface area contributed by atoms with Crippen LogP contribution in [0.5, 0.6) is 0 Å². The smallest absolute Gasteiger partial charge is 0.186 e. The highest BCUT2D eigenvalue weighted by molar-refractivity contribution is 5.18. The van der Waals surface area contributed by atoms with Gasteiger partial charge in [0.25, 0.3) is 0 Å². The Morgan fingerprint density at radius 3 is 1.06 bits per heavy atom. The lowest BCUT2D eigenvalue weighted by atomic mass is 9.97. The summed E-state index contributed by atoms with van der Waals surface area (Å²) in [6, 6.07) is 58.8. The molecule has 65 heavy (non-hydrogen) atoms. The molecule has 2 heterocycles. The normalized spacial score (nSPS) is 25.6. The molecule has 11 nitrogen and oxygen atoms in total. The number of rotatable bonds is 22. The molecule has 0 unspecified atom stereocenters. The molecule has 2 saturated heterocycles. The predicted molar refractivity (Wildman–Crippen MR) is 243 cm³/mol. The highest BCUT2D eigenvalue weighted by atomic mass is 16.7. The van der Waals surface area contributed by atoms with Crippen LogP contribution in [-0.4, -0.2) is 84.8 Å². The molecule has 0 amide bonds. The van der Waals surface area contributed by atoms with Gasteiger partial charge in [-0.3, -0.25) is 0 Å². The average Bonchev–Trinajstić information content (AvgIpc) is 3.36. The number of aliphatic hydroxyl groups excluding tert-OH is 2. The number of hydrogen-bond acceptors (Lipinski definition) is 11. The van der Waals surface area contributed by atoms with Crippen LogP contribution in [0.4, 0.5) is 0 Å². The van der Waals surface area contributed by atoms with Gasteiger partial charge in [0, 0.05) is 0 Å². The van der Waals surface area contributed by atoms with E-state index in [2.05, 4.69) is 0 Å². The molecule has 11 heteroatoms. The molecule has 2 aliphatic rings. The zero-order valence-electron chi connectivity index (χ0n) is 36.3. The molecule has 0 radical (unpaired) electrons. The van der Waals surface area contributed by atoms with Crippen molar-refractivity contribution in [3.63, 3.8) is 0 Å². The van der Waals surface area contributed by atoms with Gasteiger partial charge in [0.2, 0.25) is 0 Å². The van der Waals surface area contributed by atoms with Crippen LogP contribution in [0.2, 0.25) is 0 Å². The van der Waals surface area contributed by atoms with E-state index in [9.17, 15) is 10.2 Å². The van der Waals surface area contributed by atoms with Crippen molar-refractivity contribution in [2.75, 3.05) is 13.2 Å². The maximum atomic E-state index is 12.2. The minimum Gasteiger partial charge on any atom is -0.385 e. The second kappa shape index (κ2) is 24.4. The monoisotopic (exact) mass is 882 g/mol. The minimum absolute atomic E-state index is 0.114. The largest absolute Gasteiger partial charge is 0.385 e. The third-order valence-corrected chi connectivity index (χ3v) is 11.5. The number of ether oxygens (including phenoxy) is 9. The minimum atomic E-state index is -1.42. The van der Waals surface area contributed by atoms with Crippen LogP contribution in [0.3, 0.4) is 0 Å². The van der Waals surface area contributed by atoms with Gasteiger partial charge in [0.1, 0.15) is 48.8 Å². The molecule has 10 atom stereocenters. The van der Waals surface area contributed by atoms with Crippen molar-refractivity contribution in [3.8, 4) is 0 Å². The van der Waals surface area contributed by atoms with E-state index in [1.807, 2.05) is 182 Å². The van der Waals surface area contributed by atoms with Gasteiger partial charge in [0.05, 0.1) is 52.9 Å². The van der Waals surface area contributed by atoms with Crippen LogP contribution >= 0.6 is 0 Å². The van der Waals surface area contributed by atoms with Gasteiger partial charge < -0.3 is 52.8 Å². The molecule has 2 N–H and O–H groups in total. The van der Waals surface area contributed by atoms with Crippen LogP contribution in [-0.2, 0) is 82.3 Å². The van der Waals surface area contributed by atoms with Crippen LogP contribution in [0.15, 0.2) is 182 Å². The fourth-order valence-corrected chi connectivity index (χ4v) is 8.05. The fraction of sp³-hybridized carbons (Fsp3) is 0.333. The lowest BCUT2D eigenvalue weighted by Gasteiger charge is -2.46. The molecule has 340 valence electrons. The summed E-state index contributed by atoms with van der Waals surface area (Å²) in [6.07, 6.45) is -9.77. The summed E-state index contributed by atoms with van der Waals surface area (Å²) in [4.78, 5) is 0. The van der Waals surface area contributed by atoms with Gasteiger partial charge in [0.15, 0.2) is 12.6 Å². The Labute approximate surface area is 381 Å². The SMILES string of the molecule is O[C@H]1[C@H](OC[C@H]2O[C@H](O)[C@H](OCc3ccccc3)[C@@H](OCc3ccccc3)[C@@H]2OCc2ccccc2)O[C@H](COCc2ccccc2)[C@@H](OCc2ccccc2)[C@@H]1OCc1ccccc1. The van der Waals surface area contributed by atoms with E-state index in [0.717, 1.165) is 33.4 Å². The summed E-state index contributed by atoms with van der Waals surface area (Å²) >= 11 is 0. The third kappa shape index (κ3) is 13.5. The van der Waals surface area contributed by atoms with Gasteiger partial charge in [-0.25, -0.2) is 0 Å². The van der Waals surface area contributed by atoms with Gasteiger partial charge in [-0.15, -0.1) is 0 Å². The number of benzene rings is 6. The molecule has 0 saturated carbocycles. The molecule has 0 aromatic heterocycles. The van der Waals surface area contributed by atoms with Gasteiger partial charge in [-0.05, 0) is 33.4 Å². The highest BCUT2D eigenvalue weighted by Crippen LogP contribution is 2.33. The quantitative estimate of drug-likeness (QED) is 0.0691. The molecule has 6 aromatic carbocycles. The van der Waals surface area contributed by atoms with Gasteiger partial charge in [-0.1, -0.05) is 182 Å². The standard InChI is InChI=1S/C54H58O11/c55-47-50(60-34-42-25-13-4-14-26-42)48(58-32-40-21-9-2-10-22-40)45(37-57-31-39-19-7-1-8-20-39)65-54(47)63-38-46-49(59-33-41-23-11-3-12-24-41)51(61-35-43-27-15-5-16-28-43)52(53(56)64-46)62-36-44-29-17-6-18-30-44/h1-30,45-56H,31-38H2/t45-,46-,47-,48-,49-,50-,51+,52-,53+,54-/m1/s1. The Bertz CT molecular complexity index is 2210. The van der Waals surface area contributed by atoms with E-state index in [0.29, 0.717) is 6.61 Å². The summed E-state index contributed by atoms with van der Waals surface area (Å²) in [7, 11) is 0. The van der Waals surface area contributed by atoms with Crippen molar-refractivity contribution in [2.24, 2.45) is 0 Å². The lowest BCUT2D eigenvalue weighted by molar-refractivity contribution is -0.344. The van der Waals surface area contributed by atoms with Gasteiger partial charge >= 0.3 is 0 Å². The van der Waals surface area contributed by atoms with Crippen molar-refractivity contribution in [1.82, 2.24) is 0 Å². The molecule has 0 aliphatic carbocycles. The first-order valence-corrected chi connectivity index (χ1v) is 22.3. The van der Waals surface area contributed by atoms with Crippen molar-refractivity contribution >= 4 is 0 Å². The average molecular weight is 883 g/mol. The highest BCUT2D eigenvalue weighted by Gasteiger charge is 2.51. The first-order valence-electron chi connectivity index (χ1n) is 22.3. The Balaban J connectivity index is 1.05. The first kappa shape index (κ1) is 46.4. The Hall–Kier alpha value is -5.12. The molecule has 6 aromatic rings. The maximum Gasteiger partial charge on any atom is 0.186 e. The van der Waals surface area contributed by atoms with E-state index in [4.69, 9.17) is 42.6 Å². The van der Waals surface area contributed by atoms with Crippen LogP contribution in [0.1, 0.15) is 33.4 Å². The molecule has 2 fully saturated rings. The van der Waals surface area contributed by atoms with Gasteiger partial charge in [-0.2, -0.15) is 0 Å². The van der Waals surface area contributed by atoms with E-state index in [1.165, 1.54) is 0 Å². The Morgan fingerprint density at radius 1 is 0.323 bits per heavy atom. The zero-order valence-corrected chi connectivity index (χ0v) is 36.3. The zero-order chi connectivity index (χ0) is 44.5. The number of aliphatic hydroxyl groups is 2. The van der Waals surface area contributed by atoms with E-state index >= 15 is 0 Å². The Morgan fingerprint density at radius 2 is 0.646 bits per heavy atom. The summed E-state index contributed by atoms with van der Waals surface area (Å²) < 4.78 is 58.8. The fourth-order valence-electron chi connectivity index (χ4n) is 8.05. The van der Waals surface area contributed by atoms with E-state index < -0.39 is 61.4 Å². The Kier molecular flexibility index (Phi) is 17.4. The van der Waals surface area contributed by atoms with Crippen molar-refractivity contribution in [3.05, 3.63) is 215 Å². The van der Waals surface area contributed by atoms with Crippen LogP contribution in [0.25, 0.3) is 0 Å². The molecule has 0 spiro atoms. The number of hydrogen-bond donors (Lipinski definition) is 2. The van der Waals surface area contributed by atoms with E-state index in [1.54, 1.807) is 0 Å². The molecular weight excluding hydrogens is 825 g/mol. The van der Waals surface area contributed by atoms with Crippen LogP contribution < -0.4 is 0 Å². The van der Waals surface area contributed by atoms with Crippen molar-refractivity contribution in [1.29, 1.82) is 0 Å². The maximum absolute atomic E-state index is 12.2. The van der Waals surface area contributed by atoms with Crippen molar-refractivity contribution < 1.29 is 52.8 Å². The molecular formula is C54H58O11. The summed E-state index contributed by atoms with van der Waals surface area (Å²) in [5, 5.41) is 24.0. The van der Waals surface area contributed by atoms with E-state index in [-0.39, 0.29) is 46.2 Å². The van der Waals surface area contributed by atoms with Crippen molar-refractivity contribution in [2.45, 2.75) is 101 Å². The molecule has 2 aliphatic heterocycles. The predicted octanol–water partition coefficient (Wildman–Crippen LogP) is 7.95. The van der Waals surface area contributed by atoms with Crippen LogP contribution in [0, 0.1) is 0 Å². The lowest BCUT2D eigenvalue weighted by Crippen LogP contribution is -2.63. The third-order valence-electron chi connectivity index (χ3n) is 11.5. The summed E-state index contributed by atoms with van der Waals surface area (Å²) in [6.45, 7) is 1.39. The summed E-state index contributed by atoms with van der Waals surface area (Å²) in [5.41, 5.74) is 5.68.